The fourth-order valence-corrected chi connectivity index (χ4v) is 3.65. The van der Waals surface area contributed by atoms with E-state index >= 15 is 0 Å². The molecule has 2 aromatic rings. The molecule has 4 nitrogen and oxygen atoms in total. The molecule has 23 heavy (non-hydrogen) atoms. The Bertz CT molecular complexity index is 729. The van der Waals surface area contributed by atoms with Crippen molar-refractivity contribution in [1.82, 2.24) is 4.90 Å². The van der Waals surface area contributed by atoms with Gasteiger partial charge in [-0.1, -0.05) is 18.2 Å². The summed E-state index contributed by atoms with van der Waals surface area (Å²) in [5.74, 6) is 0.918. The molecule has 1 fully saturated rings. The Morgan fingerprint density at radius 2 is 1.91 bits per heavy atom. The molecule has 2 aliphatic heterocycles. The number of piperidine rings is 1. The Morgan fingerprint density at radius 1 is 1.09 bits per heavy atom. The molecule has 2 aromatic carbocycles. The molecule has 1 amide bonds. The van der Waals surface area contributed by atoms with Gasteiger partial charge in [-0.2, -0.15) is 0 Å². The number of nitrogens with zero attached hydrogens (tertiary/aromatic N) is 2. The number of ether oxygens (including phenoxy) is 1. The number of hydrogen-bond donors (Lipinski definition) is 0. The number of benzene rings is 2. The van der Waals surface area contributed by atoms with Gasteiger partial charge in [-0.05, 0) is 43.5 Å². The van der Waals surface area contributed by atoms with Crippen LogP contribution in [0.5, 0.6) is 5.75 Å². The molecule has 0 aromatic heterocycles. The number of rotatable bonds is 2. The van der Waals surface area contributed by atoms with Crippen molar-refractivity contribution in [1.29, 1.82) is 0 Å². The number of carbonyl (C=O) groups excluding carboxylic acids is 1. The van der Waals surface area contributed by atoms with Gasteiger partial charge in [-0.15, -0.1) is 0 Å². The van der Waals surface area contributed by atoms with Crippen LogP contribution in [0.3, 0.4) is 0 Å². The van der Waals surface area contributed by atoms with Gasteiger partial charge in [0.25, 0.3) is 5.91 Å². The predicted molar refractivity (Wildman–Crippen MR) is 90.3 cm³/mol. The molecule has 0 bridgehead atoms. The number of amides is 1. The highest BCUT2D eigenvalue weighted by molar-refractivity contribution is 6.03. The second-order valence-electron chi connectivity index (χ2n) is 6.06. The maximum absolute atomic E-state index is 12.9. The van der Waals surface area contributed by atoms with Crippen molar-refractivity contribution >= 4 is 17.3 Å². The summed E-state index contributed by atoms with van der Waals surface area (Å²) in [6.07, 6.45) is 3.32. The van der Waals surface area contributed by atoms with Crippen molar-refractivity contribution < 1.29 is 9.53 Å². The Morgan fingerprint density at radius 3 is 2.70 bits per heavy atom. The van der Waals surface area contributed by atoms with Gasteiger partial charge in [-0.25, -0.2) is 0 Å². The fourth-order valence-electron chi connectivity index (χ4n) is 3.65. The molecule has 0 radical (unpaired) electrons. The molecule has 0 aliphatic carbocycles. The van der Waals surface area contributed by atoms with Crippen LogP contribution in [-0.2, 0) is 0 Å². The van der Waals surface area contributed by atoms with Gasteiger partial charge in [0.05, 0.1) is 18.4 Å². The Kier molecular flexibility index (Phi) is 3.45. The zero-order chi connectivity index (χ0) is 15.8. The molecule has 118 valence electrons. The smallest absolute Gasteiger partial charge is 0.257 e. The highest BCUT2D eigenvalue weighted by atomic mass is 16.5. The maximum atomic E-state index is 12.9. The number of fused-ring (bicyclic) bond motifs is 2. The van der Waals surface area contributed by atoms with Gasteiger partial charge in [0.2, 0.25) is 0 Å². The summed E-state index contributed by atoms with van der Waals surface area (Å²) >= 11 is 0. The van der Waals surface area contributed by atoms with Crippen molar-refractivity contribution in [3.05, 3.63) is 54.1 Å². The lowest BCUT2D eigenvalue weighted by molar-refractivity contribution is 0.0598. The van der Waals surface area contributed by atoms with E-state index in [9.17, 15) is 4.79 Å². The molecule has 4 rings (SSSR count). The van der Waals surface area contributed by atoms with Gasteiger partial charge >= 0.3 is 0 Å². The molecular formula is C19H20N2O2. The zero-order valence-electron chi connectivity index (χ0n) is 13.2. The number of hydrogen-bond acceptors (Lipinski definition) is 3. The van der Waals surface area contributed by atoms with Crippen LogP contribution in [0, 0.1) is 0 Å². The first kappa shape index (κ1) is 14.1. The minimum Gasteiger partial charge on any atom is -0.497 e. The van der Waals surface area contributed by atoms with Crippen LogP contribution in [0.15, 0.2) is 48.5 Å². The lowest BCUT2D eigenvalue weighted by Gasteiger charge is -2.48. The standard InChI is InChI=1S/C19H20N2O2/c1-23-15-10-11-16-17(13-15)21(14-7-3-2-4-8-14)18-9-5-6-12-20(18)19(16)22/h2-4,7-8,10-11,13,18H,5-6,9,12H2,1H3. The van der Waals surface area contributed by atoms with Crippen molar-refractivity contribution in [2.45, 2.75) is 25.4 Å². The van der Waals surface area contributed by atoms with Crippen LogP contribution in [0.25, 0.3) is 0 Å². The SMILES string of the molecule is COc1ccc2c(c1)N(c1ccccc1)C1CCCCN1C2=O. The van der Waals surface area contributed by atoms with E-state index in [0.717, 1.165) is 48.5 Å². The normalized spacial score (nSPS) is 20.0. The van der Waals surface area contributed by atoms with Crippen molar-refractivity contribution in [2.24, 2.45) is 0 Å². The topological polar surface area (TPSA) is 32.8 Å². The van der Waals surface area contributed by atoms with Crippen molar-refractivity contribution in [2.75, 3.05) is 18.6 Å². The highest BCUT2D eigenvalue weighted by Gasteiger charge is 2.39. The van der Waals surface area contributed by atoms with Gasteiger partial charge in [-0.3, -0.25) is 4.79 Å². The van der Waals surface area contributed by atoms with E-state index in [-0.39, 0.29) is 12.1 Å². The van der Waals surface area contributed by atoms with E-state index in [2.05, 4.69) is 17.0 Å². The Balaban J connectivity index is 1.90. The summed E-state index contributed by atoms with van der Waals surface area (Å²) in [4.78, 5) is 17.2. The van der Waals surface area contributed by atoms with Crippen LogP contribution >= 0.6 is 0 Å². The Hall–Kier alpha value is -2.49. The van der Waals surface area contributed by atoms with Crippen LogP contribution in [0.1, 0.15) is 29.6 Å². The van der Waals surface area contributed by atoms with Gasteiger partial charge in [0.15, 0.2) is 0 Å². The van der Waals surface area contributed by atoms with Crippen LogP contribution in [0.2, 0.25) is 0 Å². The molecule has 4 heteroatoms. The summed E-state index contributed by atoms with van der Waals surface area (Å²) in [6, 6.07) is 16.0. The number of methoxy groups -OCH3 is 1. The zero-order valence-corrected chi connectivity index (χ0v) is 13.2. The first-order valence-corrected chi connectivity index (χ1v) is 8.13. The minimum absolute atomic E-state index is 0.0956. The number of carbonyl (C=O) groups is 1. The van der Waals surface area contributed by atoms with Gasteiger partial charge in [0, 0.05) is 18.3 Å². The third kappa shape index (κ3) is 2.25. The molecule has 0 saturated carbocycles. The number of para-hydroxylation sites is 1. The lowest BCUT2D eigenvalue weighted by atomic mass is 9.97. The quantitative estimate of drug-likeness (QED) is 0.846. The first-order chi connectivity index (χ1) is 11.3. The van der Waals surface area contributed by atoms with E-state index in [1.807, 2.05) is 41.3 Å². The van der Waals surface area contributed by atoms with Gasteiger partial charge < -0.3 is 14.5 Å². The number of anilines is 2. The molecule has 2 aliphatic rings. The van der Waals surface area contributed by atoms with Crippen LogP contribution in [0.4, 0.5) is 11.4 Å². The third-order valence-electron chi connectivity index (χ3n) is 4.76. The van der Waals surface area contributed by atoms with E-state index in [1.54, 1.807) is 7.11 Å². The largest absolute Gasteiger partial charge is 0.497 e. The monoisotopic (exact) mass is 308 g/mol. The average Bonchev–Trinajstić information content (AvgIpc) is 2.62. The second-order valence-corrected chi connectivity index (χ2v) is 6.06. The van der Waals surface area contributed by atoms with E-state index in [1.165, 1.54) is 0 Å². The van der Waals surface area contributed by atoms with E-state index < -0.39 is 0 Å². The minimum atomic E-state index is 0.0956. The summed E-state index contributed by atoms with van der Waals surface area (Å²) in [7, 11) is 1.66. The summed E-state index contributed by atoms with van der Waals surface area (Å²) in [6.45, 7) is 0.832. The van der Waals surface area contributed by atoms with Crippen molar-refractivity contribution in [3.63, 3.8) is 0 Å². The summed E-state index contributed by atoms with van der Waals surface area (Å²) in [5, 5.41) is 0. The first-order valence-electron chi connectivity index (χ1n) is 8.13. The molecule has 0 N–H and O–H groups in total. The molecule has 1 unspecified atom stereocenters. The molecule has 2 heterocycles. The predicted octanol–water partition coefficient (Wildman–Crippen LogP) is 3.80. The van der Waals surface area contributed by atoms with E-state index in [4.69, 9.17) is 4.74 Å². The van der Waals surface area contributed by atoms with E-state index in [0.29, 0.717) is 0 Å². The van der Waals surface area contributed by atoms with Crippen molar-refractivity contribution in [3.8, 4) is 5.75 Å². The molecule has 1 saturated heterocycles. The van der Waals surface area contributed by atoms with Crippen LogP contribution < -0.4 is 9.64 Å². The third-order valence-corrected chi connectivity index (χ3v) is 4.76. The second kappa shape index (κ2) is 5.61. The lowest BCUT2D eigenvalue weighted by Crippen LogP contribution is -2.55. The summed E-state index contributed by atoms with van der Waals surface area (Å²) in [5.41, 5.74) is 2.82. The van der Waals surface area contributed by atoms with Crippen LogP contribution in [-0.4, -0.2) is 30.6 Å². The Labute approximate surface area is 136 Å². The molecule has 0 spiro atoms. The average molecular weight is 308 g/mol. The highest BCUT2D eigenvalue weighted by Crippen LogP contribution is 2.41. The van der Waals surface area contributed by atoms with Gasteiger partial charge in [0.1, 0.15) is 11.9 Å². The molecule has 1 atom stereocenters. The maximum Gasteiger partial charge on any atom is 0.257 e. The molecular weight excluding hydrogens is 288 g/mol. The fraction of sp³-hybridized carbons (Fsp3) is 0.316. The summed E-state index contributed by atoms with van der Waals surface area (Å²) < 4.78 is 5.38.